The molecule has 1 atom stereocenters. The van der Waals surface area contributed by atoms with Gasteiger partial charge in [-0.2, -0.15) is 18.4 Å². The predicted octanol–water partition coefficient (Wildman–Crippen LogP) is 5.10. The van der Waals surface area contributed by atoms with Crippen molar-refractivity contribution in [2.75, 3.05) is 30.7 Å². The van der Waals surface area contributed by atoms with Crippen molar-refractivity contribution in [3.8, 4) is 17.3 Å². The van der Waals surface area contributed by atoms with Crippen LogP contribution in [0.1, 0.15) is 44.2 Å². The maximum absolute atomic E-state index is 14.0. The third kappa shape index (κ3) is 4.93. The topological polar surface area (TPSA) is 106 Å². The van der Waals surface area contributed by atoms with E-state index < -0.39 is 18.9 Å². The summed E-state index contributed by atoms with van der Waals surface area (Å²) in [6.07, 6.45) is 1.18. The molecule has 186 valence electrons. The van der Waals surface area contributed by atoms with E-state index in [-0.39, 0.29) is 28.8 Å². The number of hydrogen-bond donors (Lipinski definition) is 3. The van der Waals surface area contributed by atoms with E-state index in [0.29, 0.717) is 35.1 Å². The first kappa shape index (κ1) is 25.2. The van der Waals surface area contributed by atoms with Gasteiger partial charge >= 0.3 is 6.18 Å². The van der Waals surface area contributed by atoms with E-state index in [9.17, 15) is 23.0 Å². The third-order valence-electron chi connectivity index (χ3n) is 6.61. The van der Waals surface area contributed by atoms with Gasteiger partial charge in [-0.25, -0.2) is 9.97 Å². The maximum Gasteiger partial charge on any atom is 0.419 e. The number of alkyl halides is 3. The highest BCUT2D eigenvalue weighted by Crippen LogP contribution is 2.47. The number of nitrogens with zero attached hydrogens (tertiary/aromatic N) is 3. The number of halogens is 3. The van der Waals surface area contributed by atoms with Crippen LogP contribution < -0.4 is 15.9 Å². The van der Waals surface area contributed by atoms with Crippen LogP contribution in [0.15, 0.2) is 24.5 Å². The lowest BCUT2D eigenvalue weighted by molar-refractivity contribution is -0.137. The molecule has 0 radical (unpaired) electrons. The van der Waals surface area contributed by atoms with E-state index in [4.69, 9.17) is 0 Å². The zero-order valence-electron chi connectivity index (χ0n) is 19.7. The number of benzene rings is 1. The number of fused-ring (bicyclic) bond motifs is 1. The summed E-state index contributed by atoms with van der Waals surface area (Å²) in [5, 5.41) is 17.0. The molecule has 0 unspecified atom stereocenters. The molecule has 0 bridgehead atoms. The van der Waals surface area contributed by atoms with E-state index in [1.807, 2.05) is 0 Å². The number of H-pyrrole nitrogens is 1. The minimum Gasteiger partial charge on any atom is -0.360 e. The van der Waals surface area contributed by atoms with E-state index in [2.05, 4.69) is 31.7 Å². The molecule has 4 rings (SSSR count). The number of aromatic amines is 1. The Morgan fingerprint density at radius 3 is 2.71 bits per heavy atom. The Bertz CT molecular complexity index is 1300. The highest BCUT2D eigenvalue weighted by atomic mass is 31.2. The van der Waals surface area contributed by atoms with Gasteiger partial charge in [-0.3, -0.25) is 0 Å². The Balaban J connectivity index is 1.88. The summed E-state index contributed by atoms with van der Waals surface area (Å²) in [4.78, 5) is 11.3. The molecule has 3 N–H and O–H groups in total. The molecule has 0 spiro atoms. The number of hydrogen-bond acceptors (Lipinski definition) is 6. The Labute approximate surface area is 201 Å². The summed E-state index contributed by atoms with van der Waals surface area (Å²) in [5.74, 6) is 0.123. The Morgan fingerprint density at radius 1 is 1.26 bits per heavy atom. The van der Waals surface area contributed by atoms with Gasteiger partial charge in [-0.05, 0) is 25.5 Å². The van der Waals surface area contributed by atoms with Crippen molar-refractivity contribution in [3.63, 3.8) is 0 Å². The maximum atomic E-state index is 14.0. The van der Waals surface area contributed by atoms with E-state index >= 15 is 0 Å². The molecule has 1 fully saturated rings. The summed E-state index contributed by atoms with van der Waals surface area (Å²) < 4.78 is 55.5. The number of anilines is 1. The second kappa shape index (κ2) is 10.00. The number of rotatable bonds is 6. The quantitative estimate of drug-likeness (QED) is 0.404. The fourth-order valence-corrected chi connectivity index (χ4v) is 6.86. The number of aromatic nitrogens is 3. The minimum atomic E-state index is -4.67. The second-order valence-electron chi connectivity index (χ2n) is 8.72. The average molecular weight is 504 g/mol. The van der Waals surface area contributed by atoms with E-state index in [1.165, 1.54) is 12.3 Å². The molecule has 2 aromatic heterocycles. The fourth-order valence-electron chi connectivity index (χ4n) is 4.62. The highest BCUT2D eigenvalue weighted by Gasteiger charge is 2.37. The second-order valence-corrected chi connectivity index (χ2v) is 12.2. The van der Waals surface area contributed by atoms with Crippen molar-refractivity contribution in [1.29, 1.82) is 5.26 Å². The summed E-state index contributed by atoms with van der Waals surface area (Å²) in [7, 11) is -2.92. The molecule has 11 heteroatoms. The lowest BCUT2D eigenvalue weighted by Crippen LogP contribution is -2.31. The van der Waals surface area contributed by atoms with Gasteiger partial charge in [-0.15, -0.1) is 0 Å². The molecule has 1 aliphatic rings. The van der Waals surface area contributed by atoms with Gasteiger partial charge in [0, 0.05) is 48.3 Å². The van der Waals surface area contributed by atoms with Crippen molar-refractivity contribution in [3.05, 3.63) is 35.7 Å². The van der Waals surface area contributed by atoms with Crippen LogP contribution in [0, 0.1) is 11.3 Å². The number of nitrogens with one attached hydrogen (secondary N) is 3. The zero-order chi connectivity index (χ0) is 25.2. The van der Waals surface area contributed by atoms with Gasteiger partial charge in [0.25, 0.3) is 0 Å². The van der Waals surface area contributed by atoms with E-state index in [1.54, 1.807) is 19.9 Å². The summed E-state index contributed by atoms with van der Waals surface area (Å²) in [5.41, 5.74) is -0.314. The van der Waals surface area contributed by atoms with Crippen LogP contribution in [0.3, 0.4) is 0 Å². The van der Waals surface area contributed by atoms with Crippen LogP contribution >= 0.6 is 7.14 Å². The monoisotopic (exact) mass is 504 g/mol. The fraction of sp³-hybridized carbons (Fsp3) is 0.458. The lowest BCUT2D eigenvalue weighted by Gasteiger charge is -2.19. The van der Waals surface area contributed by atoms with Crippen molar-refractivity contribution in [2.45, 2.75) is 45.3 Å². The van der Waals surface area contributed by atoms with Crippen LogP contribution in [-0.4, -0.2) is 46.4 Å². The molecule has 0 saturated carbocycles. The molecular formula is C24H28F3N6OP. The largest absolute Gasteiger partial charge is 0.419 e. The molecular weight excluding hydrogens is 476 g/mol. The highest BCUT2D eigenvalue weighted by molar-refractivity contribution is 7.72. The van der Waals surface area contributed by atoms with Gasteiger partial charge in [0.05, 0.1) is 28.1 Å². The van der Waals surface area contributed by atoms with Crippen LogP contribution in [0.25, 0.3) is 22.2 Å². The first-order chi connectivity index (χ1) is 16.7. The van der Waals surface area contributed by atoms with Crippen LogP contribution in [0.2, 0.25) is 0 Å². The molecule has 35 heavy (non-hydrogen) atoms. The third-order valence-corrected chi connectivity index (χ3v) is 9.93. The Kier molecular flexibility index (Phi) is 7.20. The molecule has 1 saturated heterocycles. The lowest BCUT2D eigenvalue weighted by atomic mass is 10.0. The normalized spacial score (nSPS) is 17.2. The van der Waals surface area contributed by atoms with Gasteiger partial charge in [0.2, 0.25) is 5.95 Å². The van der Waals surface area contributed by atoms with Crippen molar-refractivity contribution in [1.82, 2.24) is 20.3 Å². The van der Waals surface area contributed by atoms with Gasteiger partial charge in [0.15, 0.2) is 0 Å². The van der Waals surface area contributed by atoms with Crippen molar-refractivity contribution in [2.24, 2.45) is 0 Å². The van der Waals surface area contributed by atoms with E-state index in [0.717, 1.165) is 32.0 Å². The smallest absolute Gasteiger partial charge is 0.360 e. The van der Waals surface area contributed by atoms with Crippen molar-refractivity contribution >= 4 is 29.3 Å². The predicted molar refractivity (Wildman–Crippen MR) is 131 cm³/mol. The van der Waals surface area contributed by atoms with Crippen molar-refractivity contribution < 1.29 is 17.7 Å². The van der Waals surface area contributed by atoms with Crippen LogP contribution in [-0.2, 0) is 10.7 Å². The Morgan fingerprint density at radius 2 is 2.03 bits per heavy atom. The molecule has 1 aromatic carbocycles. The summed E-state index contributed by atoms with van der Waals surface area (Å²) in [6.45, 7) is 5.16. The standard InChI is InChI=1S/C24H28F3N6OP/c1-3-35(34,4-2)22-15(11-28)8-9-17-18(13-30-21(17)22)20-19(24(25,26)27)14-31-23(33-20)32-16-7-5-6-10-29-12-16/h8-9,13-14,16,29-30H,3-7,10,12H2,1-2H3,(H,31,32,33)/t16-/m0/s1. The van der Waals surface area contributed by atoms with Crippen LogP contribution in [0.5, 0.6) is 0 Å². The first-order valence-electron chi connectivity index (χ1n) is 11.8. The van der Waals surface area contributed by atoms with Gasteiger partial charge < -0.3 is 20.2 Å². The molecule has 7 nitrogen and oxygen atoms in total. The molecule has 3 heterocycles. The molecule has 3 aromatic rings. The van der Waals surface area contributed by atoms with Gasteiger partial charge in [0.1, 0.15) is 12.7 Å². The molecule has 1 aliphatic heterocycles. The SMILES string of the molecule is CCP(=O)(CC)c1c(C#N)ccc2c(-c3nc(N[C@H]4CCCCNC4)ncc3C(F)(F)F)c[nH]c12. The van der Waals surface area contributed by atoms with Gasteiger partial charge in [-0.1, -0.05) is 26.3 Å². The summed E-state index contributed by atoms with van der Waals surface area (Å²) in [6, 6.07) is 5.21. The molecule has 0 amide bonds. The molecule has 0 aliphatic carbocycles. The average Bonchev–Trinajstić information content (AvgIpc) is 3.11. The summed E-state index contributed by atoms with van der Waals surface area (Å²) >= 11 is 0. The zero-order valence-corrected chi connectivity index (χ0v) is 20.6. The first-order valence-corrected chi connectivity index (χ1v) is 13.8. The van der Waals surface area contributed by atoms with Crippen LogP contribution in [0.4, 0.5) is 19.1 Å². The number of nitriles is 1. The Hall–Kier alpha value is -2.89. The minimum absolute atomic E-state index is 0.00910.